The van der Waals surface area contributed by atoms with Gasteiger partial charge >= 0.3 is 0 Å². The molecule has 1 amide bonds. The zero-order valence-corrected chi connectivity index (χ0v) is 12.6. The molecule has 1 fully saturated rings. The quantitative estimate of drug-likeness (QED) is 0.918. The average Bonchev–Trinajstić information content (AvgIpc) is 2.39. The van der Waals surface area contributed by atoms with Gasteiger partial charge in [0.05, 0.1) is 11.5 Å². The smallest absolute Gasteiger partial charge is 0.220 e. The number of carbonyl (C=O) groups is 1. The van der Waals surface area contributed by atoms with Gasteiger partial charge in [-0.15, -0.1) is 0 Å². The van der Waals surface area contributed by atoms with Crippen LogP contribution in [0, 0.1) is 6.92 Å². The Morgan fingerprint density at radius 3 is 2.65 bits per heavy atom. The lowest BCUT2D eigenvalue weighted by Crippen LogP contribution is -2.40. The van der Waals surface area contributed by atoms with Gasteiger partial charge in [0.1, 0.15) is 9.84 Å². The van der Waals surface area contributed by atoms with E-state index < -0.39 is 9.84 Å². The fourth-order valence-corrected chi connectivity index (χ4v) is 3.95. The minimum atomic E-state index is -2.86. The van der Waals surface area contributed by atoms with Crippen molar-refractivity contribution in [2.75, 3.05) is 11.5 Å². The van der Waals surface area contributed by atoms with Crippen LogP contribution in [-0.2, 0) is 21.1 Å². The molecule has 0 aliphatic carbocycles. The lowest BCUT2D eigenvalue weighted by molar-refractivity contribution is -0.121. The molecule has 1 heterocycles. The van der Waals surface area contributed by atoms with Crippen LogP contribution in [-0.4, -0.2) is 31.9 Å². The summed E-state index contributed by atoms with van der Waals surface area (Å²) in [4.78, 5) is 11.9. The van der Waals surface area contributed by atoms with Crippen molar-refractivity contribution in [3.05, 3.63) is 35.4 Å². The first-order valence-corrected chi connectivity index (χ1v) is 8.82. The van der Waals surface area contributed by atoms with E-state index in [4.69, 9.17) is 0 Å². The van der Waals surface area contributed by atoms with Crippen LogP contribution < -0.4 is 5.32 Å². The van der Waals surface area contributed by atoms with Crippen molar-refractivity contribution >= 4 is 15.7 Å². The standard InChI is InChI=1S/C15H21NO3S/c1-12-3-2-4-13(11-12)5-6-15(17)16-14-7-9-20(18,19)10-8-14/h2-4,11,14H,5-10H2,1H3,(H,16,17). The van der Waals surface area contributed by atoms with Gasteiger partial charge in [-0.1, -0.05) is 29.8 Å². The molecule has 20 heavy (non-hydrogen) atoms. The van der Waals surface area contributed by atoms with Crippen LogP contribution in [0.25, 0.3) is 0 Å². The Kier molecular flexibility index (Phi) is 4.81. The molecule has 5 heteroatoms. The Bertz CT molecular complexity index is 567. The molecule has 1 aliphatic heterocycles. The van der Waals surface area contributed by atoms with Gasteiger partial charge < -0.3 is 5.32 Å². The van der Waals surface area contributed by atoms with E-state index in [1.807, 2.05) is 25.1 Å². The van der Waals surface area contributed by atoms with Crippen molar-refractivity contribution in [1.82, 2.24) is 5.32 Å². The third kappa shape index (κ3) is 4.63. The van der Waals surface area contributed by atoms with Crippen LogP contribution >= 0.6 is 0 Å². The molecule has 1 saturated heterocycles. The average molecular weight is 295 g/mol. The van der Waals surface area contributed by atoms with E-state index in [9.17, 15) is 13.2 Å². The largest absolute Gasteiger partial charge is 0.353 e. The number of hydrogen-bond donors (Lipinski definition) is 1. The predicted molar refractivity (Wildman–Crippen MR) is 79.3 cm³/mol. The monoisotopic (exact) mass is 295 g/mol. The van der Waals surface area contributed by atoms with Crippen LogP contribution in [0.5, 0.6) is 0 Å². The Hall–Kier alpha value is -1.36. The summed E-state index contributed by atoms with van der Waals surface area (Å²) in [5.41, 5.74) is 2.35. The zero-order chi connectivity index (χ0) is 14.6. The summed E-state index contributed by atoms with van der Waals surface area (Å²) in [7, 11) is -2.86. The molecule has 1 N–H and O–H groups in total. The molecule has 0 radical (unpaired) electrons. The third-order valence-electron chi connectivity index (χ3n) is 3.64. The van der Waals surface area contributed by atoms with Gasteiger partial charge in [0.15, 0.2) is 0 Å². The molecule has 0 unspecified atom stereocenters. The minimum Gasteiger partial charge on any atom is -0.353 e. The van der Waals surface area contributed by atoms with Crippen molar-refractivity contribution in [3.8, 4) is 0 Å². The summed E-state index contributed by atoms with van der Waals surface area (Å²) < 4.78 is 22.6. The molecule has 1 aromatic carbocycles. The zero-order valence-electron chi connectivity index (χ0n) is 11.8. The molecule has 0 saturated carbocycles. The van der Waals surface area contributed by atoms with Gasteiger partial charge in [0.25, 0.3) is 0 Å². The molecule has 2 rings (SSSR count). The molecule has 0 bridgehead atoms. The second-order valence-corrected chi connectivity index (χ2v) is 7.79. The molecule has 0 spiro atoms. The summed E-state index contributed by atoms with van der Waals surface area (Å²) in [6, 6.07) is 8.15. The number of amides is 1. The maximum atomic E-state index is 11.9. The first-order chi connectivity index (χ1) is 9.44. The van der Waals surface area contributed by atoms with Crippen molar-refractivity contribution in [2.24, 2.45) is 0 Å². The highest BCUT2D eigenvalue weighted by molar-refractivity contribution is 7.91. The lowest BCUT2D eigenvalue weighted by atomic mass is 10.1. The fraction of sp³-hybridized carbons (Fsp3) is 0.533. The molecule has 4 nitrogen and oxygen atoms in total. The van der Waals surface area contributed by atoms with Crippen molar-refractivity contribution in [3.63, 3.8) is 0 Å². The maximum Gasteiger partial charge on any atom is 0.220 e. The highest BCUT2D eigenvalue weighted by Gasteiger charge is 2.24. The number of aryl methyl sites for hydroxylation is 2. The van der Waals surface area contributed by atoms with E-state index in [-0.39, 0.29) is 23.5 Å². The number of sulfone groups is 1. The maximum absolute atomic E-state index is 11.9. The van der Waals surface area contributed by atoms with Crippen LogP contribution in [0.1, 0.15) is 30.4 Å². The van der Waals surface area contributed by atoms with Crippen LogP contribution in [0.3, 0.4) is 0 Å². The number of nitrogens with one attached hydrogen (secondary N) is 1. The summed E-state index contributed by atoms with van der Waals surface area (Å²) in [5.74, 6) is 0.391. The number of benzene rings is 1. The number of carbonyl (C=O) groups excluding carboxylic acids is 1. The second kappa shape index (κ2) is 6.39. The van der Waals surface area contributed by atoms with Crippen LogP contribution in [0.15, 0.2) is 24.3 Å². The molecular weight excluding hydrogens is 274 g/mol. The van der Waals surface area contributed by atoms with E-state index in [0.29, 0.717) is 19.3 Å². The van der Waals surface area contributed by atoms with Gasteiger partial charge in [-0.25, -0.2) is 8.42 Å². The summed E-state index contributed by atoms with van der Waals surface area (Å²) in [5, 5.41) is 2.94. The van der Waals surface area contributed by atoms with Crippen molar-refractivity contribution in [1.29, 1.82) is 0 Å². The SMILES string of the molecule is Cc1cccc(CCC(=O)NC2CCS(=O)(=O)CC2)c1. The molecular formula is C15H21NO3S. The molecule has 1 aromatic rings. The van der Waals surface area contributed by atoms with E-state index in [0.717, 1.165) is 12.0 Å². The Morgan fingerprint density at radius 1 is 1.30 bits per heavy atom. The van der Waals surface area contributed by atoms with Crippen molar-refractivity contribution in [2.45, 2.75) is 38.6 Å². The first kappa shape index (κ1) is 15.0. The van der Waals surface area contributed by atoms with Gasteiger partial charge in [-0.05, 0) is 31.7 Å². The van der Waals surface area contributed by atoms with Gasteiger partial charge in [0.2, 0.25) is 5.91 Å². The predicted octanol–water partition coefficient (Wildman–Crippen LogP) is 1.62. The Balaban J connectivity index is 1.76. The Morgan fingerprint density at radius 2 is 2.00 bits per heavy atom. The lowest BCUT2D eigenvalue weighted by Gasteiger charge is -2.23. The van der Waals surface area contributed by atoms with Crippen LogP contribution in [0.4, 0.5) is 0 Å². The van der Waals surface area contributed by atoms with Gasteiger partial charge in [-0.2, -0.15) is 0 Å². The highest BCUT2D eigenvalue weighted by atomic mass is 32.2. The molecule has 0 aromatic heterocycles. The Labute approximate surface area is 120 Å². The normalized spacial score (nSPS) is 18.6. The summed E-state index contributed by atoms with van der Waals surface area (Å²) in [6.45, 7) is 2.03. The highest BCUT2D eigenvalue weighted by Crippen LogP contribution is 2.13. The van der Waals surface area contributed by atoms with Crippen LogP contribution in [0.2, 0.25) is 0 Å². The summed E-state index contributed by atoms with van der Waals surface area (Å²) in [6.07, 6.45) is 2.25. The second-order valence-electron chi connectivity index (χ2n) is 5.48. The molecule has 110 valence electrons. The third-order valence-corrected chi connectivity index (χ3v) is 5.36. The number of hydrogen-bond acceptors (Lipinski definition) is 3. The fourth-order valence-electron chi connectivity index (χ4n) is 2.46. The molecule has 1 aliphatic rings. The topological polar surface area (TPSA) is 63.2 Å². The van der Waals surface area contributed by atoms with Gasteiger partial charge in [0, 0.05) is 12.5 Å². The number of rotatable bonds is 4. The van der Waals surface area contributed by atoms with E-state index in [1.165, 1.54) is 5.56 Å². The summed E-state index contributed by atoms with van der Waals surface area (Å²) >= 11 is 0. The molecule has 0 atom stereocenters. The van der Waals surface area contributed by atoms with Crippen molar-refractivity contribution < 1.29 is 13.2 Å². The first-order valence-electron chi connectivity index (χ1n) is 7.00. The van der Waals surface area contributed by atoms with E-state index >= 15 is 0 Å². The minimum absolute atomic E-state index is 0.0100. The van der Waals surface area contributed by atoms with E-state index in [2.05, 4.69) is 11.4 Å². The van der Waals surface area contributed by atoms with E-state index in [1.54, 1.807) is 0 Å². The van der Waals surface area contributed by atoms with Gasteiger partial charge in [-0.3, -0.25) is 4.79 Å².